The van der Waals surface area contributed by atoms with Crippen LogP contribution in [0.4, 0.5) is 4.39 Å². The van der Waals surface area contributed by atoms with Gasteiger partial charge in [-0.2, -0.15) is 0 Å². The van der Waals surface area contributed by atoms with Crippen LogP contribution in [0.1, 0.15) is 24.8 Å². The van der Waals surface area contributed by atoms with E-state index in [-0.39, 0.29) is 16.8 Å². The van der Waals surface area contributed by atoms with Crippen molar-refractivity contribution in [2.45, 2.75) is 42.4 Å². The summed E-state index contributed by atoms with van der Waals surface area (Å²) >= 11 is 1.87. The highest BCUT2D eigenvalue weighted by Gasteiger charge is 2.58. The van der Waals surface area contributed by atoms with Gasteiger partial charge in [0.1, 0.15) is 0 Å². The van der Waals surface area contributed by atoms with E-state index in [0.29, 0.717) is 32.5 Å². The van der Waals surface area contributed by atoms with E-state index < -0.39 is 5.67 Å². The molecule has 1 amide bonds. The molecule has 1 spiro atoms. The molecule has 6 heteroatoms. The van der Waals surface area contributed by atoms with Crippen LogP contribution in [-0.2, 0) is 16.1 Å². The highest BCUT2D eigenvalue weighted by Crippen LogP contribution is 2.49. The molecule has 0 aromatic carbocycles. The largest absolute Gasteiger partial charge is 0.373 e. The molecule has 3 fully saturated rings. The molecule has 1 unspecified atom stereocenters. The van der Waals surface area contributed by atoms with Gasteiger partial charge in [-0.3, -0.25) is 9.78 Å². The Morgan fingerprint density at radius 1 is 1.41 bits per heavy atom. The lowest BCUT2D eigenvalue weighted by Gasteiger charge is -2.48. The Hall–Kier alpha value is -1.14. The second-order valence-electron chi connectivity index (χ2n) is 6.61. The van der Waals surface area contributed by atoms with Crippen molar-refractivity contribution in [2.24, 2.45) is 0 Å². The Bertz CT molecular complexity index is 573. The lowest BCUT2D eigenvalue weighted by molar-refractivity contribution is -0.144. The third kappa shape index (κ3) is 2.63. The van der Waals surface area contributed by atoms with Gasteiger partial charge in [0, 0.05) is 31.2 Å². The average molecular weight is 322 g/mol. The molecule has 1 saturated carbocycles. The average Bonchev–Trinajstić information content (AvgIpc) is 3.11. The number of ether oxygens (including phenoxy) is 1. The number of alkyl halides is 1. The van der Waals surface area contributed by atoms with Gasteiger partial charge in [0.05, 0.1) is 17.5 Å². The van der Waals surface area contributed by atoms with Gasteiger partial charge in [-0.15, -0.1) is 11.8 Å². The van der Waals surface area contributed by atoms with Crippen LogP contribution in [0, 0.1) is 0 Å². The standard InChI is InChI=1S/C16H19FN2O2S/c17-16(3-4-16)14(20)19-10-15(11-19)7-13(9-22-15)21-8-12-1-5-18-6-2-12/h1-2,5-6,13H,3-4,7-11H2. The molecule has 4 nitrogen and oxygen atoms in total. The summed E-state index contributed by atoms with van der Waals surface area (Å²) in [5.41, 5.74) is -0.401. The van der Waals surface area contributed by atoms with Crippen LogP contribution in [0.5, 0.6) is 0 Å². The maximum Gasteiger partial charge on any atom is 0.260 e. The zero-order chi connectivity index (χ0) is 15.2. The number of aromatic nitrogens is 1. The number of hydrogen-bond acceptors (Lipinski definition) is 4. The summed E-state index contributed by atoms with van der Waals surface area (Å²) in [6.07, 6.45) is 5.51. The number of nitrogens with zero attached hydrogens (tertiary/aromatic N) is 2. The maximum absolute atomic E-state index is 13.8. The summed E-state index contributed by atoms with van der Waals surface area (Å²) in [4.78, 5) is 17.6. The number of hydrogen-bond donors (Lipinski definition) is 0. The van der Waals surface area contributed by atoms with Crippen molar-refractivity contribution < 1.29 is 13.9 Å². The first-order valence-electron chi connectivity index (χ1n) is 7.71. The summed E-state index contributed by atoms with van der Waals surface area (Å²) in [5, 5.41) is 0. The lowest BCUT2D eigenvalue weighted by atomic mass is 9.92. The van der Waals surface area contributed by atoms with Gasteiger partial charge in [-0.25, -0.2) is 4.39 Å². The van der Waals surface area contributed by atoms with Gasteiger partial charge >= 0.3 is 0 Å². The monoisotopic (exact) mass is 322 g/mol. The Balaban J connectivity index is 1.26. The van der Waals surface area contributed by atoms with E-state index in [1.54, 1.807) is 17.3 Å². The third-order valence-corrected chi connectivity index (χ3v) is 6.30. The first-order valence-corrected chi connectivity index (χ1v) is 8.70. The number of thioether (sulfide) groups is 1. The fourth-order valence-corrected chi connectivity index (χ4v) is 4.77. The Labute approximate surface area is 133 Å². The van der Waals surface area contributed by atoms with Gasteiger partial charge < -0.3 is 9.64 Å². The maximum atomic E-state index is 13.8. The molecule has 0 bridgehead atoms. The highest BCUT2D eigenvalue weighted by atomic mass is 32.2. The lowest BCUT2D eigenvalue weighted by Crippen LogP contribution is -2.62. The number of halogens is 1. The summed E-state index contributed by atoms with van der Waals surface area (Å²) in [6, 6.07) is 3.91. The molecule has 2 aliphatic heterocycles. The van der Waals surface area contributed by atoms with Crippen molar-refractivity contribution in [3.8, 4) is 0 Å². The fourth-order valence-electron chi connectivity index (χ4n) is 3.22. The van der Waals surface area contributed by atoms with Crippen LogP contribution < -0.4 is 0 Å². The van der Waals surface area contributed by atoms with Crippen molar-refractivity contribution in [2.75, 3.05) is 18.8 Å². The molecular formula is C16H19FN2O2S. The van der Waals surface area contributed by atoms with Crippen molar-refractivity contribution in [1.82, 2.24) is 9.88 Å². The molecular weight excluding hydrogens is 303 g/mol. The second-order valence-corrected chi connectivity index (χ2v) is 8.10. The van der Waals surface area contributed by atoms with E-state index in [9.17, 15) is 9.18 Å². The molecule has 3 heterocycles. The molecule has 1 aromatic rings. The van der Waals surface area contributed by atoms with Crippen LogP contribution in [0.2, 0.25) is 0 Å². The number of likely N-dealkylation sites (tertiary alicyclic amines) is 1. The van der Waals surface area contributed by atoms with Crippen LogP contribution >= 0.6 is 11.8 Å². The Morgan fingerprint density at radius 3 is 2.82 bits per heavy atom. The molecule has 118 valence electrons. The van der Waals surface area contributed by atoms with Crippen molar-refractivity contribution >= 4 is 17.7 Å². The quantitative estimate of drug-likeness (QED) is 0.852. The first kappa shape index (κ1) is 14.5. The minimum absolute atomic E-state index is 0.101. The molecule has 22 heavy (non-hydrogen) atoms. The normalized spacial score (nSPS) is 27.7. The molecule has 0 radical (unpaired) electrons. The van der Waals surface area contributed by atoms with Crippen LogP contribution in [-0.4, -0.2) is 51.2 Å². The summed E-state index contributed by atoms with van der Waals surface area (Å²) in [6.45, 7) is 1.95. The predicted octanol–water partition coefficient (Wildman–Crippen LogP) is 2.19. The molecule has 2 saturated heterocycles. The fraction of sp³-hybridized carbons (Fsp3) is 0.625. The molecule has 4 rings (SSSR count). The summed E-state index contributed by atoms with van der Waals surface area (Å²) in [7, 11) is 0. The van der Waals surface area contributed by atoms with Gasteiger partial charge in [0.2, 0.25) is 0 Å². The van der Waals surface area contributed by atoms with Gasteiger partial charge in [0.25, 0.3) is 5.91 Å². The third-order valence-electron chi connectivity index (χ3n) is 4.73. The van der Waals surface area contributed by atoms with E-state index in [0.717, 1.165) is 17.7 Å². The zero-order valence-electron chi connectivity index (χ0n) is 12.3. The summed E-state index contributed by atoms with van der Waals surface area (Å²) < 4.78 is 19.9. The minimum Gasteiger partial charge on any atom is -0.373 e. The number of pyridine rings is 1. The number of carbonyl (C=O) groups is 1. The minimum atomic E-state index is -1.53. The van der Waals surface area contributed by atoms with Crippen LogP contribution in [0.15, 0.2) is 24.5 Å². The number of carbonyl (C=O) groups excluding carboxylic acids is 1. The molecule has 1 atom stereocenters. The molecule has 1 aromatic heterocycles. The van der Waals surface area contributed by atoms with E-state index in [1.165, 1.54) is 0 Å². The van der Waals surface area contributed by atoms with Crippen LogP contribution in [0.25, 0.3) is 0 Å². The van der Waals surface area contributed by atoms with Gasteiger partial charge in [0.15, 0.2) is 5.67 Å². The van der Waals surface area contributed by atoms with Gasteiger partial charge in [-0.1, -0.05) is 0 Å². The van der Waals surface area contributed by atoms with Gasteiger partial charge in [-0.05, 0) is 37.0 Å². The molecule has 3 aliphatic rings. The molecule has 1 aliphatic carbocycles. The topological polar surface area (TPSA) is 42.4 Å². The SMILES string of the molecule is O=C(N1CC2(CC(OCc3ccncc3)CS2)C1)C1(F)CC1. The van der Waals surface area contributed by atoms with Crippen molar-refractivity contribution in [1.29, 1.82) is 0 Å². The number of rotatable bonds is 4. The smallest absolute Gasteiger partial charge is 0.260 e. The van der Waals surface area contributed by atoms with E-state index in [2.05, 4.69) is 4.98 Å². The molecule has 0 N–H and O–H groups in total. The van der Waals surface area contributed by atoms with Crippen molar-refractivity contribution in [3.05, 3.63) is 30.1 Å². The van der Waals surface area contributed by atoms with E-state index in [4.69, 9.17) is 4.74 Å². The highest BCUT2D eigenvalue weighted by molar-refractivity contribution is 8.01. The Kier molecular flexibility index (Phi) is 3.42. The number of amides is 1. The predicted molar refractivity (Wildman–Crippen MR) is 82.3 cm³/mol. The van der Waals surface area contributed by atoms with Crippen molar-refractivity contribution in [3.63, 3.8) is 0 Å². The zero-order valence-corrected chi connectivity index (χ0v) is 13.2. The first-order chi connectivity index (χ1) is 10.6. The Morgan fingerprint density at radius 2 is 2.14 bits per heavy atom. The second kappa shape index (κ2) is 5.20. The summed E-state index contributed by atoms with van der Waals surface area (Å²) in [5.74, 6) is 0.660. The van der Waals surface area contributed by atoms with Crippen LogP contribution in [0.3, 0.4) is 0 Å². The van der Waals surface area contributed by atoms with E-state index >= 15 is 0 Å². The van der Waals surface area contributed by atoms with E-state index in [1.807, 2.05) is 23.9 Å².